The van der Waals surface area contributed by atoms with E-state index < -0.39 is 0 Å². The van der Waals surface area contributed by atoms with Gasteiger partial charge in [-0.15, -0.1) is 0 Å². The number of rotatable bonds is 5. The number of nitrogens with one attached hydrogen (secondary N) is 2. The number of hydrogen-bond donors (Lipinski definition) is 2. The number of nitrogens with zero attached hydrogens (tertiary/aromatic N) is 4. The first kappa shape index (κ1) is 21.5. The Hall–Kier alpha value is -3.22. The zero-order valence-corrected chi connectivity index (χ0v) is 17.9. The summed E-state index contributed by atoms with van der Waals surface area (Å²) in [5.41, 5.74) is 5.29. The van der Waals surface area contributed by atoms with Crippen molar-refractivity contribution in [2.24, 2.45) is 16.9 Å². The number of likely N-dealkylation sites (tertiary alicyclic amines) is 1. The van der Waals surface area contributed by atoms with Crippen LogP contribution in [0.15, 0.2) is 47.7 Å². The number of carbonyl (C=O) groups is 1. The Kier molecular flexibility index (Phi) is 7.17. The molecule has 0 saturated carbocycles. The number of amides is 1. The van der Waals surface area contributed by atoms with Gasteiger partial charge in [-0.25, -0.2) is 4.98 Å². The van der Waals surface area contributed by atoms with Gasteiger partial charge in [0.2, 0.25) is 0 Å². The summed E-state index contributed by atoms with van der Waals surface area (Å²) in [5, 5.41) is 10.9. The fraction of sp³-hybridized carbons (Fsp3) is 0.391. The van der Waals surface area contributed by atoms with Crippen molar-refractivity contribution < 1.29 is 4.79 Å². The number of anilines is 2. The quantitative estimate of drug-likeness (QED) is 0.586. The second-order valence-electron chi connectivity index (χ2n) is 7.43. The first-order valence-corrected chi connectivity index (χ1v) is 10.5. The van der Waals surface area contributed by atoms with Crippen molar-refractivity contribution in [3.8, 4) is 0 Å². The minimum absolute atomic E-state index is 0.0302. The van der Waals surface area contributed by atoms with Gasteiger partial charge in [0.05, 0.1) is 17.5 Å². The van der Waals surface area contributed by atoms with Crippen molar-refractivity contribution in [1.82, 2.24) is 9.88 Å². The van der Waals surface area contributed by atoms with Gasteiger partial charge in [0.15, 0.2) is 0 Å². The zero-order chi connectivity index (χ0) is 21.5. The van der Waals surface area contributed by atoms with Crippen molar-refractivity contribution in [1.29, 1.82) is 5.41 Å². The predicted octanol–water partition coefficient (Wildman–Crippen LogP) is 3.67. The Labute approximate surface area is 178 Å². The number of fused-ring (bicyclic) bond motifs is 1. The van der Waals surface area contributed by atoms with Crippen molar-refractivity contribution in [3.63, 3.8) is 0 Å². The third-order valence-corrected chi connectivity index (χ3v) is 5.48. The van der Waals surface area contributed by atoms with E-state index in [0.717, 1.165) is 43.8 Å². The molecule has 1 aromatic carbocycles. The third kappa shape index (κ3) is 4.67. The van der Waals surface area contributed by atoms with Gasteiger partial charge in [-0.3, -0.25) is 10.2 Å². The predicted molar refractivity (Wildman–Crippen MR) is 123 cm³/mol. The molecule has 2 aliphatic heterocycles. The van der Waals surface area contributed by atoms with Crippen molar-refractivity contribution in [2.45, 2.75) is 20.8 Å². The van der Waals surface area contributed by atoms with Crippen molar-refractivity contribution in [3.05, 3.63) is 53.7 Å². The standard InChI is InChI=1S/C21H24N6O.C2H6/c1-15-6-7-20(23-10-15)26-11-16-13-27(14-17(16)12-26)21(28)18-4-2-3-5-19(18)25-24-9-8-22;1-2/h2-10,16-17,22,25H,11-14H2,1H3;1-2H3/b22-8?,24-9-;. The van der Waals surface area contributed by atoms with Crippen LogP contribution >= 0.6 is 0 Å². The molecule has 4 rings (SSSR count). The second kappa shape index (κ2) is 10.0. The van der Waals surface area contributed by atoms with Crippen LogP contribution in [0.1, 0.15) is 29.8 Å². The maximum absolute atomic E-state index is 13.1. The summed E-state index contributed by atoms with van der Waals surface area (Å²) in [6.07, 6.45) is 4.34. The maximum atomic E-state index is 13.1. The molecular formula is C23H30N6O. The molecule has 2 saturated heterocycles. The summed E-state index contributed by atoms with van der Waals surface area (Å²) in [6, 6.07) is 11.6. The Balaban J connectivity index is 0.00000124. The molecule has 7 nitrogen and oxygen atoms in total. The molecule has 158 valence electrons. The van der Waals surface area contributed by atoms with Crippen LogP contribution in [0.25, 0.3) is 0 Å². The molecule has 2 fully saturated rings. The molecule has 7 heteroatoms. The molecule has 0 radical (unpaired) electrons. The highest BCUT2D eigenvalue weighted by molar-refractivity contribution is 6.14. The molecule has 0 aliphatic carbocycles. The van der Waals surface area contributed by atoms with E-state index in [0.29, 0.717) is 23.1 Å². The number of para-hydroxylation sites is 1. The van der Waals surface area contributed by atoms with E-state index in [1.807, 2.05) is 56.1 Å². The molecule has 2 unspecified atom stereocenters. The smallest absolute Gasteiger partial charge is 0.256 e. The highest BCUT2D eigenvalue weighted by Gasteiger charge is 2.42. The molecular weight excluding hydrogens is 376 g/mol. The second-order valence-corrected chi connectivity index (χ2v) is 7.43. The largest absolute Gasteiger partial charge is 0.356 e. The van der Waals surface area contributed by atoms with Gasteiger partial charge in [-0.1, -0.05) is 32.0 Å². The van der Waals surface area contributed by atoms with E-state index in [1.165, 1.54) is 6.21 Å². The van der Waals surface area contributed by atoms with Gasteiger partial charge >= 0.3 is 0 Å². The van der Waals surface area contributed by atoms with Crippen molar-refractivity contribution >= 4 is 29.8 Å². The number of pyridine rings is 1. The monoisotopic (exact) mass is 406 g/mol. The third-order valence-electron chi connectivity index (χ3n) is 5.48. The van der Waals surface area contributed by atoms with E-state index >= 15 is 0 Å². The molecule has 1 amide bonds. The van der Waals surface area contributed by atoms with Crippen LogP contribution in [-0.4, -0.2) is 54.4 Å². The lowest BCUT2D eigenvalue weighted by Gasteiger charge is -2.23. The van der Waals surface area contributed by atoms with Gasteiger partial charge in [-0.05, 0) is 30.7 Å². The van der Waals surface area contributed by atoms with Crippen LogP contribution < -0.4 is 10.3 Å². The van der Waals surface area contributed by atoms with Gasteiger partial charge in [-0.2, -0.15) is 5.10 Å². The van der Waals surface area contributed by atoms with Crippen LogP contribution in [0.4, 0.5) is 11.5 Å². The lowest BCUT2D eigenvalue weighted by atomic mass is 10.0. The normalized spacial score (nSPS) is 20.0. The summed E-state index contributed by atoms with van der Waals surface area (Å²) in [5.74, 6) is 2.00. The van der Waals surface area contributed by atoms with Crippen LogP contribution in [-0.2, 0) is 0 Å². The summed E-state index contributed by atoms with van der Waals surface area (Å²) < 4.78 is 0. The average Bonchev–Trinajstić information content (AvgIpc) is 3.35. The minimum Gasteiger partial charge on any atom is -0.356 e. The average molecular weight is 407 g/mol. The van der Waals surface area contributed by atoms with E-state index in [-0.39, 0.29) is 5.91 Å². The topological polar surface area (TPSA) is 84.7 Å². The molecule has 3 heterocycles. The summed E-state index contributed by atoms with van der Waals surface area (Å²) in [4.78, 5) is 21.9. The van der Waals surface area contributed by atoms with E-state index in [4.69, 9.17) is 5.41 Å². The number of benzene rings is 1. The van der Waals surface area contributed by atoms with E-state index in [9.17, 15) is 4.79 Å². The summed E-state index contributed by atoms with van der Waals surface area (Å²) in [7, 11) is 0. The Morgan fingerprint density at radius 3 is 2.47 bits per heavy atom. The van der Waals surface area contributed by atoms with Crippen LogP contribution in [0.2, 0.25) is 0 Å². The van der Waals surface area contributed by atoms with Gasteiger partial charge < -0.3 is 15.2 Å². The lowest BCUT2D eigenvalue weighted by molar-refractivity contribution is 0.0783. The molecule has 0 spiro atoms. The molecule has 2 aliphatic rings. The van der Waals surface area contributed by atoms with E-state index in [1.54, 1.807) is 0 Å². The highest BCUT2D eigenvalue weighted by Crippen LogP contribution is 2.34. The Bertz CT molecular complexity index is 881. The number of hydrazone groups is 1. The van der Waals surface area contributed by atoms with Gasteiger partial charge in [0, 0.05) is 50.4 Å². The molecule has 1 aromatic heterocycles. The number of carbonyl (C=O) groups excluding carboxylic acids is 1. The van der Waals surface area contributed by atoms with Crippen molar-refractivity contribution in [2.75, 3.05) is 36.5 Å². The fourth-order valence-corrected chi connectivity index (χ4v) is 4.07. The number of aryl methyl sites for hydroxylation is 1. The minimum atomic E-state index is 0.0302. The lowest BCUT2D eigenvalue weighted by Crippen LogP contribution is -2.33. The van der Waals surface area contributed by atoms with Crippen LogP contribution in [0.5, 0.6) is 0 Å². The van der Waals surface area contributed by atoms with Crippen LogP contribution in [0.3, 0.4) is 0 Å². The first-order valence-electron chi connectivity index (χ1n) is 10.5. The van der Waals surface area contributed by atoms with Crippen LogP contribution in [0, 0.1) is 24.2 Å². The number of hydrogen-bond acceptors (Lipinski definition) is 6. The maximum Gasteiger partial charge on any atom is 0.256 e. The SMILES string of the molecule is CC.Cc1ccc(N2CC3CN(C(=O)c4ccccc4N/N=C\C=N)CC3C2)nc1. The van der Waals surface area contributed by atoms with Gasteiger partial charge in [0.1, 0.15) is 5.82 Å². The fourth-order valence-electron chi connectivity index (χ4n) is 4.07. The number of aromatic nitrogens is 1. The summed E-state index contributed by atoms with van der Waals surface area (Å²) in [6.45, 7) is 9.46. The summed E-state index contributed by atoms with van der Waals surface area (Å²) >= 11 is 0. The molecule has 30 heavy (non-hydrogen) atoms. The molecule has 2 aromatic rings. The Morgan fingerprint density at radius 1 is 1.13 bits per heavy atom. The molecule has 0 bridgehead atoms. The zero-order valence-electron chi connectivity index (χ0n) is 17.9. The van der Waals surface area contributed by atoms with Gasteiger partial charge in [0.25, 0.3) is 5.91 Å². The first-order chi connectivity index (χ1) is 14.7. The molecule has 2 N–H and O–H groups in total. The molecule has 2 atom stereocenters. The highest BCUT2D eigenvalue weighted by atomic mass is 16.2. The van der Waals surface area contributed by atoms with E-state index in [2.05, 4.69) is 32.5 Å². The Morgan fingerprint density at radius 2 is 1.83 bits per heavy atom.